The van der Waals surface area contributed by atoms with E-state index >= 15 is 0 Å². The molecule has 8 nitrogen and oxygen atoms in total. The number of aryl methyl sites for hydroxylation is 1. The normalized spacial score (nSPS) is 10.8. The lowest BCUT2D eigenvalue weighted by Crippen LogP contribution is -2.04. The number of nitrogens with one attached hydrogen (secondary N) is 1. The Morgan fingerprint density at radius 1 is 1.00 bits per heavy atom. The van der Waals surface area contributed by atoms with Crippen LogP contribution in [0.3, 0.4) is 0 Å². The van der Waals surface area contributed by atoms with Gasteiger partial charge in [-0.05, 0) is 13.0 Å². The van der Waals surface area contributed by atoms with Crippen molar-refractivity contribution < 1.29 is 14.2 Å². The van der Waals surface area contributed by atoms with Crippen molar-refractivity contribution >= 4 is 33.1 Å². The van der Waals surface area contributed by atoms with Gasteiger partial charge < -0.3 is 19.5 Å². The summed E-state index contributed by atoms with van der Waals surface area (Å²) in [6, 6.07) is 11.5. The third-order valence-corrected chi connectivity index (χ3v) is 5.30. The standard InChI is InChI=1S/C21H20BrN5O3/c1-12-16-11-23-21(25-13-9-17(28-2)19(30-4)18(10-13)29-3)26-27(16)20(24-12)14-7-5-6-8-15(14)22/h5-11H,1-4H3,(H,25,26). The zero-order valence-electron chi connectivity index (χ0n) is 16.9. The van der Waals surface area contributed by atoms with E-state index in [1.807, 2.05) is 31.2 Å². The topological polar surface area (TPSA) is 82.8 Å². The number of nitrogens with zero attached hydrogens (tertiary/aromatic N) is 4. The maximum absolute atomic E-state index is 5.41. The fourth-order valence-corrected chi connectivity index (χ4v) is 3.64. The summed E-state index contributed by atoms with van der Waals surface area (Å²) in [6.45, 7) is 1.94. The van der Waals surface area contributed by atoms with E-state index in [1.165, 1.54) is 0 Å². The number of rotatable bonds is 6. The highest BCUT2D eigenvalue weighted by Gasteiger charge is 2.16. The van der Waals surface area contributed by atoms with Crippen LogP contribution in [0.2, 0.25) is 0 Å². The summed E-state index contributed by atoms with van der Waals surface area (Å²) in [7, 11) is 4.71. The van der Waals surface area contributed by atoms with Gasteiger partial charge in [0.1, 0.15) is 5.52 Å². The molecule has 0 aliphatic heterocycles. The highest BCUT2D eigenvalue weighted by atomic mass is 79.9. The smallest absolute Gasteiger partial charge is 0.245 e. The minimum Gasteiger partial charge on any atom is -0.493 e. The Morgan fingerprint density at radius 2 is 1.70 bits per heavy atom. The molecule has 0 aliphatic carbocycles. The van der Waals surface area contributed by atoms with Crippen molar-refractivity contribution in [3.8, 4) is 28.6 Å². The van der Waals surface area contributed by atoms with Crippen LogP contribution in [-0.2, 0) is 0 Å². The summed E-state index contributed by atoms with van der Waals surface area (Å²) in [5.41, 5.74) is 3.32. The summed E-state index contributed by atoms with van der Waals surface area (Å²) in [5.74, 6) is 2.72. The molecule has 0 spiro atoms. The van der Waals surface area contributed by atoms with E-state index in [2.05, 4.69) is 31.3 Å². The third-order valence-electron chi connectivity index (χ3n) is 4.61. The molecule has 1 N–H and O–H groups in total. The van der Waals surface area contributed by atoms with Gasteiger partial charge in [-0.25, -0.2) is 14.5 Å². The first-order valence-corrected chi connectivity index (χ1v) is 9.89. The highest BCUT2D eigenvalue weighted by Crippen LogP contribution is 2.40. The molecule has 0 atom stereocenters. The van der Waals surface area contributed by atoms with Crippen LogP contribution in [-0.4, -0.2) is 40.9 Å². The molecule has 2 heterocycles. The number of methoxy groups -OCH3 is 3. The van der Waals surface area contributed by atoms with E-state index < -0.39 is 0 Å². The Labute approximate surface area is 182 Å². The van der Waals surface area contributed by atoms with Crippen LogP contribution >= 0.6 is 15.9 Å². The van der Waals surface area contributed by atoms with Crippen molar-refractivity contribution in [3.63, 3.8) is 0 Å². The molecule has 0 fully saturated rings. The first-order valence-electron chi connectivity index (χ1n) is 9.10. The van der Waals surface area contributed by atoms with Gasteiger partial charge in [0.2, 0.25) is 11.7 Å². The second-order valence-electron chi connectivity index (χ2n) is 6.42. The van der Waals surface area contributed by atoms with E-state index in [4.69, 9.17) is 19.2 Å². The molecular weight excluding hydrogens is 450 g/mol. The van der Waals surface area contributed by atoms with Gasteiger partial charge in [-0.1, -0.05) is 34.1 Å². The van der Waals surface area contributed by atoms with Crippen LogP contribution in [0.5, 0.6) is 17.2 Å². The summed E-state index contributed by atoms with van der Waals surface area (Å²) in [4.78, 5) is 9.13. The lowest BCUT2D eigenvalue weighted by molar-refractivity contribution is 0.324. The summed E-state index contributed by atoms with van der Waals surface area (Å²) in [5, 5.41) is 7.86. The van der Waals surface area contributed by atoms with E-state index in [-0.39, 0.29) is 0 Å². The number of imidazole rings is 1. The zero-order chi connectivity index (χ0) is 21.3. The minimum absolute atomic E-state index is 0.405. The largest absolute Gasteiger partial charge is 0.493 e. The quantitative estimate of drug-likeness (QED) is 0.440. The molecule has 0 unspecified atom stereocenters. The first kappa shape index (κ1) is 20.0. The SMILES string of the molecule is COc1cc(Nc2ncc3c(C)nc(-c4ccccc4Br)n3n2)cc(OC)c1OC. The predicted molar refractivity (Wildman–Crippen MR) is 118 cm³/mol. The predicted octanol–water partition coefficient (Wildman–Crippen LogP) is 4.63. The second-order valence-corrected chi connectivity index (χ2v) is 7.27. The summed E-state index contributed by atoms with van der Waals surface area (Å²) >= 11 is 3.59. The highest BCUT2D eigenvalue weighted by molar-refractivity contribution is 9.10. The Balaban J connectivity index is 1.78. The number of aromatic nitrogens is 4. The molecule has 30 heavy (non-hydrogen) atoms. The maximum atomic E-state index is 5.41. The molecule has 0 bridgehead atoms. The van der Waals surface area contributed by atoms with Gasteiger partial charge in [0.25, 0.3) is 0 Å². The second kappa shape index (κ2) is 8.19. The molecule has 0 aliphatic rings. The number of halogens is 1. The van der Waals surface area contributed by atoms with Crippen molar-refractivity contribution in [2.75, 3.05) is 26.6 Å². The molecule has 0 saturated heterocycles. The molecule has 0 radical (unpaired) electrons. The molecule has 154 valence electrons. The van der Waals surface area contributed by atoms with Gasteiger partial charge in [-0.3, -0.25) is 0 Å². The van der Waals surface area contributed by atoms with Gasteiger partial charge in [0.15, 0.2) is 17.3 Å². The monoisotopic (exact) mass is 469 g/mol. The maximum Gasteiger partial charge on any atom is 0.245 e. The van der Waals surface area contributed by atoms with Gasteiger partial charge in [0.05, 0.1) is 33.2 Å². The van der Waals surface area contributed by atoms with Crippen LogP contribution in [0.15, 0.2) is 47.1 Å². The van der Waals surface area contributed by atoms with Crippen molar-refractivity contribution in [2.24, 2.45) is 0 Å². The lowest BCUT2D eigenvalue weighted by atomic mass is 10.2. The fraction of sp³-hybridized carbons (Fsp3) is 0.190. The fourth-order valence-electron chi connectivity index (χ4n) is 3.18. The van der Waals surface area contributed by atoms with Crippen molar-refractivity contribution in [1.29, 1.82) is 0 Å². The molecule has 2 aromatic heterocycles. The Hall–Kier alpha value is -3.33. The van der Waals surface area contributed by atoms with Gasteiger partial charge in [-0.2, -0.15) is 0 Å². The van der Waals surface area contributed by atoms with Crippen molar-refractivity contribution in [1.82, 2.24) is 19.6 Å². The third kappa shape index (κ3) is 3.52. The van der Waals surface area contributed by atoms with Crippen molar-refractivity contribution in [2.45, 2.75) is 6.92 Å². The van der Waals surface area contributed by atoms with Crippen LogP contribution < -0.4 is 19.5 Å². The summed E-state index contributed by atoms with van der Waals surface area (Å²) in [6.07, 6.45) is 1.75. The Morgan fingerprint density at radius 3 is 2.33 bits per heavy atom. The van der Waals surface area contributed by atoms with Gasteiger partial charge in [0, 0.05) is 27.9 Å². The molecule has 0 saturated carbocycles. The van der Waals surface area contributed by atoms with Gasteiger partial charge in [-0.15, -0.1) is 5.10 Å². The van der Waals surface area contributed by atoms with Crippen LogP contribution in [0.1, 0.15) is 5.69 Å². The average molecular weight is 470 g/mol. The molecule has 2 aromatic carbocycles. The van der Waals surface area contributed by atoms with Crippen LogP contribution in [0.4, 0.5) is 11.6 Å². The van der Waals surface area contributed by atoms with Crippen LogP contribution in [0.25, 0.3) is 16.9 Å². The van der Waals surface area contributed by atoms with E-state index in [0.29, 0.717) is 28.9 Å². The number of ether oxygens (including phenoxy) is 3. The number of anilines is 2. The molecule has 4 aromatic rings. The van der Waals surface area contributed by atoms with E-state index in [1.54, 1.807) is 44.2 Å². The summed E-state index contributed by atoms with van der Waals surface area (Å²) < 4.78 is 18.9. The molecule has 0 amide bonds. The number of benzene rings is 2. The molecular formula is C21H20BrN5O3. The lowest BCUT2D eigenvalue weighted by Gasteiger charge is -2.14. The van der Waals surface area contributed by atoms with Gasteiger partial charge >= 0.3 is 0 Å². The molecule has 4 rings (SSSR count). The Kier molecular flexibility index (Phi) is 5.45. The Bertz CT molecular complexity index is 1200. The molecule has 9 heteroatoms. The number of fused-ring (bicyclic) bond motifs is 1. The number of hydrogen-bond acceptors (Lipinski definition) is 7. The zero-order valence-corrected chi connectivity index (χ0v) is 18.5. The minimum atomic E-state index is 0.405. The van der Waals surface area contributed by atoms with E-state index in [9.17, 15) is 0 Å². The van der Waals surface area contributed by atoms with Crippen molar-refractivity contribution in [3.05, 3.63) is 52.8 Å². The average Bonchev–Trinajstić information content (AvgIpc) is 3.09. The van der Waals surface area contributed by atoms with Crippen LogP contribution in [0, 0.1) is 6.92 Å². The van der Waals surface area contributed by atoms with E-state index in [0.717, 1.165) is 27.1 Å². The number of hydrogen-bond donors (Lipinski definition) is 1. The first-order chi connectivity index (χ1) is 14.5.